The zero-order valence-electron chi connectivity index (χ0n) is 12.6. The lowest BCUT2D eigenvalue weighted by molar-refractivity contribution is 0.367. The van der Waals surface area contributed by atoms with E-state index in [0.29, 0.717) is 6.04 Å². The number of nitrogens with zero attached hydrogens (tertiary/aromatic N) is 3. The molecule has 1 N–H and O–H groups in total. The first-order valence-electron chi connectivity index (χ1n) is 7.16. The van der Waals surface area contributed by atoms with Crippen LogP contribution in [-0.4, -0.2) is 47.9 Å². The molecular weight excluding hydrogens is 304 g/mol. The van der Waals surface area contributed by atoms with Crippen molar-refractivity contribution in [1.29, 1.82) is 0 Å². The fraction of sp³-hybridized carbons (Fsp3) is 0.786. The molecule has 0 aliphatic heterocycles. The molecule has 1 aromatic heterocycles. The Morgan fingerprint density at radius 3 is 2.74 bits per heavy atom. The number of aromatic nitrogens is 2. The van der Waals surface area contributed by atoms with Crippen LogP contribution >= 0.6 is 15.9 Å². The van der Waals surface area contributed by atoms with Crippen molar-refractivity contribution in [3.63, 3.8) is 0 Å². The van der Waals surface area contributed by atoms with Crippen LogP contribution in [0.2, 0.25) is 0 Å². The van der Waals surface area contributed by atoms with Crippen molar-refractivity contribution in [1.82, 2.24) is 20.0 Å². The predicted molar refractivity (Wildman–Crippen MR) is 84.6 cm³/mol. The van der Waals surface area contributed by atoms with Gasteiger partial charge in [0.25, 0.3) is 0 Å². The van der Waals surface area contributed by atoms with Gasteiger partial charge in [0.05, 0.1) is 22.9 Å². The van der Waals surface area contributed by atoms with Crippen LogP contribution in [0.5, 0.6) is 0 Å². The molecule has 0 amide bonds. The molecule has 0 aliphatic carbocycles. The molecule has 5 heteroatoms. The van der Waals surface area contributed by atoms with Crippen LogP contribution in [0.3, 0.4) is 0 Å². The topological polar surface area (TPSA) is 33.1 Å². The molecule has 0 aromatic carbocycles. The van der Waals surface area contributed by atoms with E-state index in [2.05, 4.69) is 63.9 Å². The zero-order chi connectivity index (χ0) is 14.3. The number of likely N-dealkylation sites (N-methyl/N-ethyl adjacent to an activating group) is 1. The molecule has 19 heavy (non-hydrogen) atoms. The average Bonchev–Trinajstić information content (AvgIpc) is 2.73. The third-order valence-corrected chi connectivity index (χ3v) is 4.03. The van der Waals surface area contributed by atoms with E-state index in [1.54, 1.807) is 0 Å². The third-order valence-electron chi connectivity index (χ3n) is 3.37. The molecule has 1 rings (SSSR count). The van der Waals surface area contributed by atoms with E-state index in [0.717, 1.165) is 36.9 Å². The molecule has 0 spiro atoms. The van der Waals surface area contributed by atoms with Gasteiger partial charge in [-0.3, -0.25) is 4.68 Å². The Labute approximate surface area is 125 Å². The van der Waals surface area contributed by atoms with E-state index in [1.807, 2.05) is 6.20 Å². The molecule has 1 atom stereocenters. The van der Waals surface area contributed by atoms with Gasteiger partial charge in [0.1, 0.15) is 0 Å². The maximum Gasteiger partial charge on any atom is 0.0635 e. The van der Waals surface area contributed by atoms with Crippen molar-refractivity contribution >= 4 is 15.9 Å². The largest absolute Gasteiger partial charge is 0.314 e. The van der Waals surface area contributed by atoms with E-state index in [1.165, 1.54) is 12.1 Å². The molecule has 4 nitrogen and oxygen atoms in total. The van der Waals surface area contributed by atoms with Gasteiger partial charge in [-0.1, -0.05) is 13.8 Å². The van der Waals surface area contributed by atoms with Crippen LogP contribution in [0.25, 0.3) is 0 Å². The molecule has 0 bridgehead atoms. The molecule has 0 aliphatic rings. The number of nitrogens with one attached hydrogen (secondary N) is 1. The van der Waals surface area contributed by atoms with E-state index >= 15 is 0 Å². The maximum absolute atomic E-state index is 4.46. The fourth-order valence-corrected chi connectivity index (χ4v) is 2.67. The van der Waals surface area contributed by atoms with Crippen molar-refractivity contribution < 1.29 is 0 Å². The van der Waals surface area contributed by atoms with Crippen molar-refractivity contribution in [2.45, 2.75) is 45.7 Å². The third kappa shape index (κ3) is 5.63. The monoisotopic (exact) mass is 330 g/mol. The molecular formula is C14H27BrN4. The van der Waals surface area contributed by atoms with Crippen LogP contribution in [0.1, 0.15) is 32.4 Å². The van der Waals surface area contributed by atoms with Crippen LogP contribution in [0.4, 0.5) is 0 Å². The first-order chi connectivity index (χ1) is 9.08. The van der Waals surface area contributed by atoms with Crippen LogP contribution in [-0.2, 0) is 13.0 Å². The molecule has 1 heterocycles. The summed E-state index contributed by atoms with van der Waals surface area (Å²) in [4.78, 5) is 2.19. The van der Waals surface area contributed by atoms with Gasteiger partial charge in [0, 0.05) is 12.6 Å². The quantitative estimate of drug-likeness (QED) is 0.755. The van der Waals surface area contributed by atoms with Gasteiger partial charge >= 0.3 is 0 Å². The van der Waals surface area contributed by atoms with Crippen molar-refractivity contribution in [2.24, 2.45) is 0 Å². The van der Waals surface area contributed by atoms with Gasteiger partial charge < -0.3 is 10.2 Å². The second-order valence-electron chi connectivity index (χ2n) is 5.17. The standard InChI is InChI=1S/C14H27BrN4/c1-5-12(16-6-2)7-8-14-13(15)11-17-19(14)10-9-18(3)4/h11-12,16H,5-10H2,1-4H3. The minimum atomic E-state index is 0.606. The predicted octanol–water partition coefficient (Wildman–Crippen LogP) is 2.53. The average molecular weight is 331 g/mol. The second-order valence-corrected chi connectivity index (χ2v) is 6.02. The van der Waals surface area contributed by atoms with Crippen LogP contribution < -0.4 is 5.32 Å². The lowest BCUT2D eigenvalue weighted by atomic mass is 10.1. The summed E-state index contributed by atoms with van der Waals surface area (Å²) >= 11 is 3.62. The minimum absolute atomic E-state index is 0.606. The number of hydrogen-bond acceptors (Lipinski definition) is 3. The summed E-state index contributed by atoms with van der Waals surface area (Å²) in [6.45, 7) is 7.42. The van der Waals surface area contributed by atoms with Gasteiger partial charge in [-0.15, -0.1) is 0 Å². The molecule has 0 saturated carbocycles. The Morgan fingerprint density at radius 2 is 2.16 bits per heavy atom. The highest BCUT2D eigenvalue weighted by Crippen LogP contribution is 2.18. The highest BCUT2D eigenvalue weighted by atomic mass is 79.9. The number of hydrogen-bond donors (Lipinski definition) is 1. The molecule has 0 fully saturated rings. The molecule has 110 valence electrons. The van der Waals surface area contributed by atoms with E-state index in [9.17, 15) is 0 Å². The second kappa shape index (κ2) is 8.72. The zero-order valence-corrected chi connectivity index (χ0v) is 14.2. The Hall–Kier alpha value is -0.390. The SMILES string of the molecule is CCNC(CC)CCc1c(Br)cnn1CCN(C)C. The van der Waals surface area contributed by atoms with Gasteiger partial charge in [0.15, 0.2) is 0 Å². The molecule has 1 aromatic rings. The van der Waals surface area contributed by atoms with Crippen molar-refractivity contribution in [2.75, 3.05) is 27.2 Å². The highest BCUT2D eigenvalue weighted by Gasteiger charge is 2.11. The van der Waals surface area contributed by atoms with Gasteiger partial charge in [0.2, 0.25) is 0 Å². The van der Waals surface area contributed by atoms with Gasteiger partial charge in [-0.05, 0) is 55.8 Å². The normalized spacial score (nSPS) is 13.2. The summed E-state index contributed by atoms with van der Waals surface area (Å²) in [5, 5.41) is 7.99. The highest BCUT2D eigenvalue weighted by molar-refractivity contribution is 9.10. The summed E-state index contributed by atoms with van der Waals surface area (Å²) in [5.74, 6) is 0. The van der Waals surface area contributed by atoms with Gasteiger partial charge in [-0.2, -0.15) is 5.10 Å². The summed E-state index contributed by atoms with van der Waals surface area (Å²) < 4.78 is 3.26. The Balaban J connectivity index is 2.58. The molecule has 0 radical (unpaired) electrons. The summed E-state index contributed by atoms with van der Waals surface area (Å²) in [6, 6.07) is 0.606. The van der Waals surface area contributed by atoms with E-state index in [4.69, 9.17) is 0 Å². The summed E-state index contributed by atoms with van der Waals surface area (Å²) in [7, 11) is 4.19. The smallest absolute Gasteiger partial charge is 0.0635 e. The van der Waals surface area contributed by atoms with Crippen LogP contribution in [0.15, 0.2) is 10.7 Å². The minimum Gasteiger partial charge on any atom is -0.314 e. The van der Waals surface area contributed by atoms with E-state index in [-0.39, 0.29) is 0 Å². The lowest BCUT2D eigenvalue weighted by Crippen LogP contribution is -2.29. The fourth-order valence-electron chi connectivity index (χ4n) is 2.17. The first kappa shape index (κ1) is 16.7. The van der Waals surface area contributed by atoms with Crippen molar-refractivity contribution in [3.05, 3.63) is 16.4 Å². The van der Waals surface area contributed by atoms with Crippen LogP contribution in [0, 0.1) is 0 Å². The Kier molecular flexibility index (Phi) is 7.64. The summed E-state index contributed by atoms with van der Waals surface area (Å²) in [5.41, 5.74) is 1.32. The van der Waals surface area contributed by atoms with Gasteiger partial charge in [-0.25, -0.2) is 0 Å². The number of halogens is 1. The number of rotatable bonds is 9. The molecule has 0 saturated heterocycles. The lowest BCUT2D eigenvalue weighted by Gasteiger charge is -2.17. The Bertz CT molecular complexity index is 362. The Morgan fingerprint density at radius 1 is 1.42 bits per heavy atom. The first-order valence-corrected chi connectivity index (χ1v) is 7.96. The summed E-state index contributed by atoms with van der Waals surface area (Å²) in [6.07, 6.45) is 5.33. The van der Waals surface area contributed by atoms with Crippen molar-refractivity contribution in [3.8, 4) is 0 Å². The molecule has 1 unspecified atom stereocenters. The van der Waals surface area contributed by atoms with E-state index < -0.39 is 0 Å². The maximum atomic E-state index is 4.46.